The molecule has 0 fully saturated rings. The van der Waals surface area contributed by atoms with Crippen LogP contribution in [-0.4, -0.2) is 35.2 Å². The van der Waals surface area contributed by atoms with E-state index in [-0.39, 0.29) is 18.7 Å². The van der Waals surface area contributed by atoms with Crippen molar-refractivity contribution in [3.63, 3.8) is 0 Å². The van der Waals surface area contributed by atoms with Gasteiger partial charge in [-0.25, -0.2) is 9.59 Å². The smallest absolute Gasteiger partial charge is 0.339 e. The van der Waals surface area contributed by atoms with Crippen LogP contribution in [0.2, 0.25) is 0 Å². The Hall–Kier alpha value is -2.87. The summed E-state index contributed by atoms with van der Waals surface area (Å²) in [5, 5.41) is 15.6. The number of nitrogens with one attached hydrogen (secondary N) is 2. The van der Waals surface area contributed by atoms with Gasteiger partial charge in [0.1, 0.15) is 17.1 Å². The van der Waals surface area contributed by atoms with E-state index in [1.54, 1.807) is 39.8 Å². The molecule has 26 heavy (non-hydrogen) atoms. The van der Waals surface area contributed by atoms with Crippen LogP contribution in [-0.2, 0) is 10.3 Å². The number of aromatic nitrogens is 1. The van der Waals surface area contributed by atoms with Gasteiger partial charge in [0.2, 0.25) is 0 Å². The van der Waals surface area contributed by atoms with Gasteiger partial charge < -0.3 is 24.9 Å². The minimum Gasteiger partial charge on any atom is -0.463 e. The van der Waals surface area contributed by atoms with Crippen molar-refractivity contribution in [2.45, 2.75) is 33.3 Å². The quantitative estimate of drug-likeness (QED) is 0.681. The van der Waals surface area contributed by atoms with E-state index in [0.29, 0.717) is 22.9 Å². The molecule has 2 amide bonds. The van der Waals surface area contributed by atoms with Gasteiger partial charge in [-0.05, 0) is 45.9 Å². The predicted molar refractivity (Wildman–Crippen MR) is 95.0 cm³/mol. The number of furan rings is 1. The van der Waals surface area contributed by atoms with Gasteiger partial charge in [0.15, 0.2) is 0 Å². The number of amides is 2. The molecule has 0 spiro atoms. The summed E-state index contributed by atoms with van der Waals surface area (Å²) in [6.07, 6.45) is 1.39. The first-order valence-corrected chi connectivity index (χ1v) is 8.21. The van der Waals surface area contributed by atoms with Crippen molar-refractivity contribution in [2.75, 3.05) is 18.5 Å². The Morgan fingerprint density at radius 2 is 2.08 bits per heavy atom. The summed E-state index contributed by atoms with van der Waals surface area (Å²) in [5.74, 6) is 0.513. The van der Waals surface area contributed by atoms with Crippen LogP contribution in [0.1, 0.15) is 41.4 Å². The van der Waals surface area contributed by atoms with E-state index in [1.807, 2.05) is 0 Å². The third kappa shape index (κ3) is 4.82. The van der Waals surface area contributed by atoms with Crippen LogP contribution >= 0.6 is 0 Å². The maximum atomic E-state index is 12.1. The van der Waals surface area contributed by atoms with E-state index < -0.39 is 17.6 Å². The zero-order valence-electron chi connectivity index (χ0n) is 15.3. The van der Waals surface area contributed by atoms with Crippen LogP contribution in [0.25, 0.3) is 0 Å². The highest BCUT2D eigenvalue weighted by Crippen LogP contribution is 2.22. The molecule has 0 aliphatic rings. The molecule has 1 atom stereocenters. The van der Waals surface area contributed by atoms with E-state index >= 15 is 0 Å². The first kappa shape index (κ1) is 19.5. The minimum absolute atomic E-state index is 0.0597. The molecule has 3 N–H and O–H groups in total. The van der Waals surface area contributed by atoms with E-state index in [0.717, 1.165) is 0 Å². The third-order valence-electron chi connectivity index (χ3n) is 3.71. The molecular formula is C18H23N3O5. The average molecular weight is 361 g/mol. The lowest BCUT2D eigenvalue weighted by atomic mass is 10.0. The molecule has 0 radical (unpaired) electrons. The number of carbonyl (C=O) groups excluding carboxylic acids is 2. The number of esters is 1. The molecule has 0 bridgehead atoms. The number of hydrogen-bond donors (Lipinski definition) is 3. The average Bonchev–Trinajstić information content (AvgIpc) is 3.03. The number of hydrogen-bond acceptors (Lipinski definition) is 6. The Kier molecular flexibility index (Phi) is 5.99. The number of rotatable bonds is 6. The summed E-state index contributed by atoms with van der Waals surface area (Å²) in [7, 11) is 0. The Morgan fingerprint density at radius 1 is 1.35 bits per heavy atom. The number of ether oxygens (including phenoxy) is 1. The number of aryl methyl sites for hydroxylation is 2. The molecule has 2 aromatic rings. The van der Waals surface area contributed by atoms with Crippen LogP contribution in [0.15, 0.2) is 28.8 Å². The number of carbonyl (C=O) groups is 2. The van der Waals surface area contributed by atoms with E-state index in [9.17, 15) is 14.7 Å². The molecule has 8 heteroatoms. The lowest BCUT2D eigenvalue weighted by molar-refractivity contribution is 0.0364. The normalized spacial score (nSPS) is 13.0. The van der Waals surface area contributed by atoms with Crippen molar-refractivity contribution < 1.29 is 23.8 Å². The number of nitrogens with zero attached hydrogens (tertiary/aromatic N) is 1. The minimum atomic E-state index is -1.36. The van der Waals surface area contributed by atoms with Crippen LogP contribution in [0, 0.1) is 13.8 Å². The monoisotopic (exact) mass is 361 g/mol. The lowest BCUT2D eigenvalue weighted by Crippen LogP contribution is -2.40. The molecule has 0 saturated heterocycles. The van der Waals surface area contributed by atoms with E-state index in [4.69, 9.17) is 9.15 Å². The summed E-state index contributed by atoms with van der Waals surface area (Å²) in [6.45, 7) is 6.91. The third-order valence-corrected chi connectivity index (χ3v) is 3.71. The van der Waals surface area contributed by atoms with Gasteiger partial charge in [-0.2, -0.15) is 0 Å². The van der Waals surface area contributed by atoms with Crippen molar-refractivity contribution >= 4 is 17.7 Å². The largest absolute Gasteiger partial charge is 0.463 e. The standard InChI is InChI=1S/C18H23N3O5/c1-5-25-16(22)13-8-14(12(3)19-9-13)21-17(23)20-10-18(4,24)15-7-6-11(2)26-15/h6-9,24H,5,10H2,1-4H3,(H2,20,21,23)/t18-/m1/s1. The second-order valence-electron chi connectivity index (χ2n) is 6.07. The second-order valence-corrected chi connectivity index (χ2v) is 6.07. The second kappa shape index (κ2) is 8.01. The summed E-state index contributed by atoms with van der Waals surface area (Å²) < 4.78 is 10.3. The Bertz CT molecular complexity index is 798. The van der Waals surface area contributed by atoms with Gasteiger partial charge in [-0.15, -0.1) is 0 Å². The molecule has 0 unspecified atom stereocenters. The number of aliphatic hydroxyl groups is 1. The fourth-order valence-corrected chi connectivity index (χ4v) is 2.22. The summed E-state index contributed by atoms with van der Waals surface area (Å²) in [5.41, 5.74) is -0.194. The van der Waals surface area contributed by atoms with Crippen molar-refractivity contribution in [2.24, 2.45) is 0 Å². The number of urea groups is 1. The molecule has 0 aliphatic heterocycles. The molecule has 0 aliphatic carbocycles. The zero-order valence-corrected chi connectivity index (χ0v) is 15.3. The SMILES string of the molecule is CCOC(=O)c1cnc(C)c(NC(=O)NC[C@@](C)(O)c2ccc(C)o2)c1. The fraction of sp³-hybridized carbons (Fsp3) is 0.389. The summed E-state index contributed by atoms with van der Waals surface area (Å²) >= 11 is 0. The first-order valence-electron chi connectivity index (χ1n) is 8.21. The molecule has 0 saturated carbocycles. The van der Waals surface area contributed by atoms with Crippen molar-refractivity contribution in [1.82, 2.24) is 10.3 Å². The molecule has 8 nitrogen and oxygen atoms in total. The van der Waals surface area contributed by atoms with Crippen LogP contribution in [0.4, 0.5) is 10.5 Å². The van der Waals surface area contributed by atoms with E-state index in [2.05, 4.69) is 15.6 Å². The van der Waals surface area contributed by atoms with Gasteiger partial charge in [0.25, 0.3) is 0 Å². The maximum absolute atomic E-state index is 12.1. The highest BCUT2D eigenvalue weighted by molar-refractivity contribution is 5.94. The zero-order chi connectivity index (χ0) is 19.3. The molecular weight excluding hydrogens is 338 g/mol. The topological polar surface area (TPSA) is 114 Å². The summed E-state index contributed by atoms with van der Waals surface area (Å²) in [6, 6.07) is 4.35. The predicted octanol–water partition coefficient (Wildman–Crippen LogP) is 2.50. The van der Waals surface area contributed by atoms with Crippen molar-refractivity contribution in [1.29, 1.82) is 0 Å². The summed E-state index contributed by atoms with van der Waals surface area (Å²) in [4.78, 5) is 28.0. The Morgan fingerprint density at radius 3 is 2.69 bits per heavy atom. The first-order chi connectivity index (χ1) is 12.2. The van der Waals surface area contributed by atoms with Gasteiger partial charge in [0, 0.05) is 6.20 Å². The van der Waals surface area contributed by atoms with Crippen molar-refractivity contribution in [3.8, 4) is 0 Å². The molecule has 0 aromatic carbocycles. The van der Waals surface area contributed by atoms with E-state index in [1.165, 1.54) is 12.3 Å². The van der Waals surface area contributed by atoms with Crippen LogP contribution < -0.4 is 10.6 Å². The highest BCUT2D eigenvalue weighted by Gasteiger charge is 2.27. The number of anilines is 1. The maximum Gasteiger partial charge on any atom is 0.339 e. The Labute approximate surface area is 151 Å². The Balaban J connectivity index is 2.01. The fourth-order valence-electron chi connectivity index (χ4n) is 2.22. The van der Waals surface area contributed by atoms with Gasteiger partial charge >= 0.3 is 12.0 Å². The van der Waals surface area contributed by atoms with Gasteiger partial charge in [-0.1, -0.05) is 0 Å². The molecule has 140 valence electrons. The van der Waals surface area contributed by atoms with Crippen molar-refractivity contribution in [3.05, 3.63) is 47.2 Å². The van der Waals surface area contributed by atoms with Gasteiger partial charge in [-0.3, -0.25) is 4.98 Å². The number of pyridine rings is 1. The molecule has 2 heterocycles. The molecule has 2 aromatic heterocycles. The van der Waals surface area contributed by atoms with Crippen LogP contribution in [0.5, 0.6) is 0 Å². The highest BCUT2D eigenvalue weighted by atomic mass is 16.5. The van der Waals surface area contributed by atoms with Gasteiger partial charge in [0.05, 0.1) is 30.1 Å². The lowest BCUT2D eigenvalue weighted by Gasteiger charge is -2.21. The molecule has 2 rings (SSSR count). The van der Waals surface area contributed by atoms with Crippen LogP contribution in [0.3, 0.4) is 0 Å².